The fourth-order valence-corrected chi connectivity index (χ4v) is 2.67. The Bertz CT molecular complexity index is 871. The number of halogens is 1. The van der Waals surface area contributed by atoms with Gasteiger partial charge in [0.2, 0.25) is 0 Å². The monoisotopic (exact) mass is 354 g/mol. The highest BCUT2D eigenvalue weighted by Crippen LogP contribution is 2.15. The topological polar surface area (TPSA) is 50.2 Å². The molecule has 5 nitrogen and oxygen atoms in total. The van der Waals surface area contributed by atoms with Gasteiger partial charge in [-0.3, -0.25) is 4.79 Å². The predicted molar refractivity (Wildman–Crippen MR) is 102 cm³/mol. The van der Waals surface area contributed by atoms with Crippen LogP contribution in [0.1, 0.15) is 15.9 Å². The van der Waals surface area contributed by atoms with Gasteiger partial charge in [-0.15, -0.1) is 0 Å². The van der Waals surface area contributed by atoms with Gasteiger partial charge in [-0.1, -0.05) is 23.7 Å². The molecule has 1 aromatic heterocycles. The first-order valence-electron chi connectivity index (χ1n) is 7.86. The number of benzene rings is 2. The Morgan fingerprint density at radius 2 is 1.96 bits per heavy atom. The van der Waals surface area contributed by atoms with Crippen LogP contribution in [0.5, 0.6) is 0 Å². The van der Waals surface area contributed by atoms with Crippen LogP contribution >= 0.6 is 11.6 Å². The number of anilines is 2. The summed E-state index contributed by atoms with van der Waals surface area (Å²) in [6.07, 6.45) is 3.48. The zero-order valence-electron chi connectivity index (χ0n) is 14.1. The lowest BCUT2D eigenvalue weighted by molar-refractivity contribution is 0.102. The fourth-order valence-electron chi connectivity index (χ4n) is 2.46. The molecule has 0 unspecified atom stereocenters. The molecule has 0 saturated carbocycles. The standard InChI is InChI=1S/C19H19ClN4O/c1-23(2)17-8-6-15(7-9-17)19(25)22-18-12-24(13-21-18)11-14-4-3-5-16(20)10-14/h3-10,12-13H,11H2,1-2H3,(H,22,25). The Hall–Kier alpha value is -2.79. The summed E-state index contributed by atoms with van der Waals surface area (Å²) >= 11 is 6.00. The molecule has 0 atom stereocenters. The first-order valence-corrected chi connectivity index (χ1v) is 8.24. The number of carbonyl (C=O) groups excluding carboxylic acids is 1. The molecule has 3 aromatic rings. The quantitative estimate of drug-likeness (QED) is 0.756. The minimum atomic E-state index is -0.182. The average Bonchev–Trinajstić information content (AvgIpc) is 3.01. The second-order valence-electron chi connectivity index (χ2n) is 5.96. The van der Waals surface area contributed by atoms with E-state index in [-0.39, 0.29) is 5.91 Å². The Kier molecular flexibility index (Phi) is 5.05. The maximum atomic E-state index is 12.3. The third kappa shape index (κ3) is 4.39. The first kappa shape index (κ1) is 17.0. The molecule has 6 heteroatoms. The van der Waals surface area contributed by atoms with Crippen LogP contribution < -0.4 is 10.2 Å². The van der Waals surface area contributed by atoms with E-state index in [1.54, 1.807) is 24.7 Å². The van der Waals surface area contributed by atoms with Crippen LogP contribution in [-0.4, -0.2) is 29.6 Å². The van der Waals surface area contributed by atoms with Crippen molar-refractivity contribution in [2.24, 2.45) is 0 Å². The van der Waals surface area contributed by atoms with Gasteiger partial charge in [0.25, 0.3) is 5.91 Å². The molecule has 3 rings (SSSR count). The number of hydrogen-bond donors (Lipinski definition) is 1. The zero-order valence-corrected chi connectivity index (χ0v) is 14.9. The van der Waals surface area contributed by atoms with Crippen molar-refractivity contribution in [2.45, 2.75) is 6.54 Å². The van der Waals surface area contributed by atoms with E-state index >= 15 is 0 Å². The number of hydrogen-bond acceptors (Lipinski definition) is 3. The van der Waals surface area contributed by atoms with Crippen LogP contribution in [0.4, 0.5) is 11.5 Å². The molecule has 0 saturated heterocycles. The van der Waals surface area contributed by atoms with E-state index in [4.69, 9.17) is 11.6 Å². The maximum absolute atomic E-state index is 12.3. The van der Waals surface area contributed by atoms with Gasteiger partial charge in [0, 0.05) is 43.1 Å². The van der Waals surface area contributed by atoms with Gasteiger partial charge in [-0.2, -0.15) is 0 Å². The largest absolute Gasteiger partial charge is 0.378 e. The minimum Gasteiger partial charge on any atom is -0.378 e. The van der Waals surface area contributed by atoms with E-state index in [1.807, 2.05) is 60.0 Å². The number of nitrogens with one attached hydrogen (secondary N) is 1. The van der Waals surface area contributed by atoms with Crippen molar-refractivity contribution in [3.63, 3.8) is 0 Å². The maximum Gasteiger partial charge on any atom is 0.256 e. The number of imidazole rings is 1. The summed E-state index contributed by atoms with van der Waals surface area (Å²) < 4.78 is 1.90. The number of rotatable bonds is 5. The third-order valence-electron chi connectivity index (χ3n) is 3.77. The summed E-state index contributed by atoms with van der Waals surface area (Å²) in [4.78, 5) is 18.5. The van der Waals surface area contributed by atoms with E-state index < -0.39 is 0 Å². The second-order valence-corrected chi connectivity index (χ2v) is 6.39. The van der Waals surface area contributed by atoms with Crippen LogP contribution in [0, 0.1) is 0 Å². The lowest BCUT2D eigenvalue weighted by Gasteiger charge is -2.12. The van der Waals surface area contributed by atoms with E-state index in [0.29, 0.717) is 22.9 Å². The molecule has 2 aromatic carbocycles. The van der Waals surface area contributed by atoms with Crippen molar-refractivity contribution in [1.29, 1.82) is 0 Å². The summed E-state index contributed by atoms with van der Waals surface area (Å²) in [6, 6.07) is 15.1. The summed E-state index contributed by atoms with van der Waals surface area (Å²) in [6.45, 7) is 0.640. The molecule has 0 radical (unpaired) electrons. The van der Waals surface area contributed by atoms with Gasteiger partial charge in [-0.05, 0) is 42.0 Å². The van der Waals surface area contributed by atoms with E-state index in [2.05, 4.69) is 10.3 Å². The van der Waals surface area contributed by atoms with E-state index in [9.17, 15) is 4.79 Å². The fraction of sp³-hybridized carbons (Fsp3) is 0.158. The number of carbonyl (C=O) groups is 1. The normalized spacial score (nSPS) is 10.5. The van der Waals surface area contributed by atoms with Gasteiger partial charge >= 0.3 is 0 Å². The molecule has 1 N–H and O–H groups in total. The summed E-state index contributed by atoms with van der Waals surface area (Å²) in [5, 5.41) is 3.52. The van der Waals surface area contributed by atoms with Gasteiger partial charge in [0.15, 0.2) is 5.82 Å². The van der Waals surface area contributed by atoms with Crippen LogP contribution in [0.25, 0.3) is 0 Å². The van der Waals surface area contributed by atoms with Crippen LogP contribution in [-0.2, 0) is 6.54 Å². The highest BCUT2D eigenvalue weighted by molar-refractivity contribution is 6.30. The zero-order chi connectivity index (χ0) is 17.8. The van der Waals surface area contributed by atoms with Gasteiger partial charge in [0.1, 0.15) is 0 Å². The summed E-state index contributed by atoms with van der Waals surface area (Å²) in [5.74, 6) is 0.335. The van der Waals surface area contributed by atoms with Crippen molar-refractivity contribution < 1.29 is 4.79 Å². The second kappa shape index (κ2) is 7.40. The predicted octanol–water partition coefficient (Wildman–Crippen LogP) is 3.90. The molecular formula is C19H19ClN4O. The molecular weight excluding hydrogens is 336 g/mol. The highest BCUT2D eigenvalue weighted by Gasteiger charge is 2.08. The number of aromatic nitrogens is 2. The lowest BCUT2D eigenvalue weighted by Crippen LogP contribution is -2.13. The van der Waals surface area contributed by atoms with Crippen molar-refractivity contribution in [3.8, 4) is 0 Å². The van der Waals surface area contributed by atoms with Crippen LogP contribution in [0.2, 0.25) is 5.02 Å². The first-order chi connectivity index (χ1) is 12.0. The Morgan fingerprint density at radius 1 is 1.20 bits per heavy atom. The Balaban J connectivity index is 1.65. The Morgan fingerprint density at radius 3 is 2.64 bits per heavy atom. The van der Waals surface area contributed by atoms with Gasteiger partial charge < -0.3 is 14.8 Å². The average molecular weight is 355 g/mol. The summed E-state index contributed by atoms with van der Waals surface area (Å²) in [7, 11) is 3.92. The van der Waals surface area contributed by atoms with Crippen LogP contribution in [0.15, 0.2) is 61.1 Å². The molecule has 0 spiro atoms. The third-order valence-corrected chi connectivity index (χ3v) is 4.01. The molecule has 0 fully saturated rings. The van der Waals surface area contributed by atoms with Gasteiger partial charge in [-0.25, -0.2) is 4.98 Å². The van der Waals surface area contributed by atoms with E-state index in [1.165, 1.54) is 0 Å². The SMILES string of the molecule is CN(C)c1ccc(C(=O)Nc2cn(Cc3cccc(Cl)c3)cn2)cc1. The van der Waals surface area contributed by atoms with Crippen molar-refractivity contribution >= 4 is 29.0 Å². The molecule has 25 heavy (non-hydrogen) atoms. The lowest BCUT2D eigenvalue weighted by atomic mass is 10.2. The molecule has 0 aliphatic heterocycles. The molecule has 1 heterocycles. The number of amides is 1. The summed E-state index contributed by atoms with van der Waals surface area (Å²) in [5.41, 5.74) is 2.71. The van der Waals surface area contributed by atoms with Crippen molar-refractivity contribution in [2.75, 3.05) is 24.3 Å². The number of nitrogens with zero attached hydrogens (tertiary/aromatic N) is 3. The van der Waals surface area contributed by atoms with Crippen molar-refractivity contribution in [3.05, 3.63) is 77.2 Å². The Labute approximate surface area is 151 Å². The molecule has 0 aliphatic carbocycles. The smallest absolute Gasteiger partial charge is 0.256 e. The highest BCUT2D eigenvalue weighted by atomic mass is 35.5. The molecule has 0 bridgehead atoms. The van der Waals surface area contributed by atoms with Gasteiger partial charge in [0.05, 0.1) is 6.33 Å². The van der Waals surface area contributed by atoms with Crippen LogP contribution in [0.3, 0.4) is 0 Å². The molecule has 0 aliphatic rings. The minimum absolute atomic E-state index is 0.182. The van der Waals surface area contributed by atoms with Crippen molar-refractivity contribution in [1.82, 2.24) is 9.55 Å². The molecule has 128 valence electrons. The molecule has 1 amide bonds. The van der Waals surface area contributed by atoms with E-state index in [0.717, 1.165) is 11.3 Å².